The van der Waals surface area contributed by atoms with Gasteiger partial charge in [0.05, 0.1) is 6.61 Å². The van der Waals surface area contributed by atoms with E-state index in [1.165, 1.54) is 51.6 Å². The van der Waals surface area contributed by atoms with Crippen molar-refractivity contribution in [1.82, 2.24) is 10.2 Å². The van der Waals surface area contributed by atoms with Crippen molar-refractivity contribution in [2.75, 3.05) is 39.9 Å². The highest BCUT2D eigenvalue weighted by atomic mass is 16.5. The summed E-state index contributed by atoms with van der Waals surface area (Å²) in [5, 5.41) is 3.80. The highest BCUT2D eigenvalue weighted by molar-refractivity contribution is 4.92. The van der Waals surface area contributed by atoms with E-state index in [-0.39, 0.29) is 0 Å². The third-order valence-corrected chi connectivity index (χ3v) is 4.96. The van der Waals surface area contributed by atoms with Gasteiger partial charge in [0.15, 0.2) is 0 Å². The van der Waals surface area contributed by atoms with Gasteiger partial charge in [-0.3, -0.25) is 0 Å². The molecule has 2 fully saturated rings. The number of rotatable bonds is 9. The predicted molar refractivity (Wildman–Crippen MR) is 85.1 cm³/mol. The van der Waals surface area contributed by atoms with E-state index >= 15 is 0 Å². The molecule has 2 rings (SSSR count). The zero-order valence-corrected chi connectivity index (χ0v) is 13.8. The standard InChI is InChI=1S/C17H34N2O/c1-4-20-11-10-19(3)14-17(13-18-16-7-8-16)9-5-6-15(2)12-17/h15-16,18H,4-14H2,1-3H3. The number of nitrogens with one attached hydrogen (secondary N) is 1. The van der Waals surface area contributed by atoms with Crippen molar-refractivity contribution in [1.29, 1.82) is 0 Å². The molecule has 20 heavy (non-hydrogen) atoms. The number of hydrogen-bond acceptors (Lipinski definition) is 3. The Kier molecular flexibility index (Phi) is 6.31. The fourth-order valence-electron chi connectivity index (χ4n) is 3.79. The van der Waals surface area contributed by atoms with Gasteiger partial charge in [-0.15, -0.1) is 0 Å². The van der Waals surface area contributed by atoms with E-state index in [1.807, 2.05) is 0 Å². The summed E-state index contributed by atoms with van der Waals surface area (Å²) in [5.41, 5.74) is 0.501. The molecule has 0 spiro atoms. The van der Waals surface area contributed by atoms with Crippen molar-refractivity contribution in [3.05, 3.63) is 0 Å². The molecule has 0 aliphatic heterocycles. The third kappa shape index (κ3) is 5.34. The van der Waals surface area contributed by atoms with E-state index in [4.69, 9.17) is 4.74 Å². The fourth-order valence-corrected chi connectivity index (χ4v) is 3.79. The minimum absolute atomic E-state index is 0.501. The van der Waals surface area contributed by atoms with Crippen LogP contribution in [-0.4, -0.2) is 50.8 Å². The van der Waals surface area contributed by atoms with E-state index in [2.05, 4.69) is 31.1 Å². The predicted octanol–water partition coefficient (Wildman–Crippen LogP) is 2.90. The molecule has 0 saturated heterocycles. The van der Waals surface area contributed by atoms with Crippen LogP contribution >= 0.6 is 0 Å². The van der Waals surface area contributed by atoms with Gasteiger partial charge < -0.3 is 15.0 Å². The van der Waals surface area contributed by atoms with Crippen LogP contribution in [0.25, 0.3) is 0 Å². The van der Waals surface area contributed by atoms with Crippen molar-refractivity contribution in [3.63, 3.8) is 0 Å². The molecule has 0 aromatic heterocycles. The van der Waals surface area contributed by atoms with Crippen LogP contribution in [0.4, 0.5) is 0 Å². The van der Waals surface area contributed by atoms with E-state index in [0.29, 0.717) is 5.41 Å². The third-order valence-electron chi connectivity index (χ3n) is 4.96. The fraction of sp³-hybridized carbons (Fsp3) is 1.00. The summed E-state index contributed by atoms with van der Waals surface area (Å²) in [5.74, 6) is 0.894. The SMILES string of the molecule is CCOCCN(C)CC1(CNC2CC2)CCCC(C)C1. The molecular weight excluding hydrogens is 248 g/mol. The molecule has 0 heterocycles. The van der Waals surface area contributed by atoms with Crippen LogP contribution in [0.3, 0.4) is 0 Å². The highest BCUT2D eigenvalue weighted by Gasteiger charge is 2.37. The monoisotopic (exact) mass is 282 g/mol. The lowest BCUT2D eigenvalue weighted by Gasteiger charge is -2.43. The normalized spacial score (nSPS) is 30.9. The molecule has 2 atom stereocenters. The van der Waals surface area contributed by atoms with Gasteiger partial charge in [0.2, 0.25) is 0 Å². The van der Waals surface area contributed by atoms with Gasteiger partial charge in [0.25, 0.3) is 0 Å². The number of ether oxygens (including phenoxy) is 1. The first-order valence-corrected chi connectivity index (χ1v) is 8.63. The largest absolute Gasteiger partial charge is 0.380 e. The number of nitrogens with zero attached hydrogens (tertiary/aromatic N) is 1. The van der Waals surface area contributed by atoms with Crippen LogP contribution in [-0.2, 0) is 4.74 Å². The molecule has 1 N–H and O–H groups in total. The Morgan fingerprint density at radius 3 is 2.75 bits per heavy atom. The summed E-state index contributed by atoms with van der Waals surface area (Å²) in [7, 11) is 2.26. The maximum Gasteiger partial charge on any atom is 0.0593 e. The van der Waals surface area contributed by atoms with Crippen molar-refractivity contribution < 1.29 is 4.74 Å². The van der Waals surface area contributed by atoms with E-state index in [1.54, 1.807) is 0 Å². The summed E-state index contributed by atoms with van der Waals surface area (Å²) >= 11 is 0. The Morgan fingerprint density at radius 1 is 1.30 bits per heavy atom. The maximum atomic E-state index is 5.50. The molecule has 2 unspecified atom stereocenters. The van der Waals surface area contributed by atoms with Gasteiger partial charge in [-0.2, -0.15) is 0 Å². The van der Waals surface area contributed by atoms with Gasteiger partial charge in [0.1, 0.15) is 0 Å². The summed E-state index contributed by atoms with van der Waals surface area (Å²) in [4.78, 5) is 2.49. The van der Waals surface area contributed by atoms with Crippen LogP contribution in [0.5, 0.6) is 0 Å². The van der Waals surface area contributed by atoms with Gasteiger partial charge >= 0.3 is 0 Å². The zero-order valence-electron chi connectivity index (χ0n) is 13.8. The lowest BCUT2D eigenvalue weighted by molar-refractivity contribution is 0.0678. The Hall–Kier alpha value is -0.120. The Labute approximate surface area is 125 Å². The average Bonchev–Trinajstić information content (AvgIpc) is 3.21. The second kappa shape index (κ2) is 7.77. The molecular formula is C17H34N2O. The maximum absolute atomic E-state index is 5.50. The Balaban J connectivity index is 1.83. The van der Waals surface area contributed by atoms with E-state index in [0.717, 1.165) is 31.7 Å². The highest BCUT2D eigenvalue weighted by Crippen LogP contribution is 2.40. The smallest absolute Gasteiger partial charge is 0.0593 e. The van der Waals surface area contributed by atoms with Crippen molar-refractivity contribution >= 4 is 0 Å². The Morgan fingerprint density at radius 2 is 2.10 bits per heavy atom. The minimum Gasteiger partial charge on any atom is -0.380 e. The molecule has 0 aromatic carbocycles. The minimum atomic E-state index is 0.501. The summed E-state index contributed by atoms with van der Waals surface area (Å²) in [6, 6.07) is 0.831. The van der Waals surface area contributed by atoms with Crippen LogP contribution < -0.4 is 5.32 Å². The van der Waals surface area contributed by atoms with Crippen LogP contribution in [0.2, 0.25) is 0 Å². The molecule has 3 nitrogen and oxygen atoms in total. The lowest BCUT2D eigenvalue weighted by atomic mass is 9.69. The second-order valence-electron chi connectivity index (χ2n) is 7.29. The first-order chi connectivity index (χ1) is 9.63. The van der Waals surface area contributed by atoms with Crippen molar-refractivity contribution in [3.8, 4) is 0 Å². The quantitative estimate of drug-likeness (QED) is 0.658. The summed E-state index contributed by atoms with van der Waals surface area (Å²) < 4.78 is 5.50. The molecule has 2 aliphatic rings. The van der Waals surface area contributed by atoms with Crippen LogP contribution in [0, 0.1) is 11.3 Å². The molecule has 2 aliphatic carbocycles. The lowest BCUT2D eigenvalue weighted by Crippen LogP contribution is -2.46. The van der Waals surface area contributed by atoms with E-state index in [9.17, 15) is 0 Å². The number of likely N-dealkylation sites (N-methyl/N-ethyl adjacent to an activating group) is 1. The van der Waals surface area contributed by atoms with Crippen LogP contribution in [0.1, 0.15) is 52.4 Å². The van der Waals surface area contributed by atoms with Crippen molar-refractivity contribution in [2.45, 2.75) is 58.4 Å². The van der Waals surface area contributed by atoms with Gasteiger partial charge in [-0.1, -0.05) is 19.8 Å². The first kappa shape index (κ1) is 16.3. The molecule has 0 bridgehead atoms. The van der Waals surface area contributed by atoms with Crippen molar-refractivity contribution in [2.24, 2.45) is 11.3 Å². The zero-order chi connectivity index (χ0) is 14.4. The second-order valence-corrected chi connectivity index (χ2v) is 7.29. The molecule has 0 amide bonds. The van der Waals surface area contributed by atoms with Crippen LogP contribution in [0.15, 0.2) is 0 Å². The molecule has 118 valence electrons. The Bertz CT molecular complexity index is 280. The van der Waals surface area contributed by atoms with Gasteiger partial charge in [-0.25, -0.2) is 0 Å². The first-order valence-electron chi connectivity index (χ1n) is 8.63. The topological polar surface area (TPSA) is 24.5 Å². The summed E-state index contributed by atoms with van der Waals surface area (Å²) in [6.07, 6.45) is 8.42. The number of hydrogen-bond donors (Lipinski definition) is 1. The van der Waals surface area contributed by atoms with E-state index < -0.39 is 0 Å². The average molecular weight is 282 g/mol. The molecule has 0 aromatic rings. The molecule has 0 radical (unpaired) electrons. The molecule has 2 saturated carbocycles. The van der Waals surface area contributed by atoms with Gasteiger partial charge in [-0.05, 0) is 51.0 Å². The summed E-state index contributed by atoms with van der Waals surface area (Å²) in [6.45, 7) is 9.72. The van der Waals surface area contributed by atoms with Gasteiger partial charge in [0, 0.05) is 32.3 Å². The molecule has 3 heteroatoms.